The van der Waals surface area contributed by atoms with Crippen LogP contribution in [0, 0.1) is 22.7 Å². The van der Waals surface area contributed by atoms with Crippen molar-refractivity contribution in [1.29, 1.82) is 0 Å². The van der Waals surface area contributed by atoms with Crippen LogP contribution in [0.2, 0.25) is 0 Å². The molecule has 1 heterocycles. The standard InChI is InChI=1S/C35H40O7/c1-17(7-8-22-18(2)25(39)16-28-34(3,4)11-6-12-35(22,28)5)20-15-21-23(37)9-10-24(38)29(21)33-30(20)32(41)31-26(40)13-19(36)14-27(31)42-33/h7,9-10,13-14,20,22,25,28,36-40H,2,6,8,11-12,15-16H2,1,3-5H3/b17-7+/t20?,22-,25-,28-,35+/m0/s1. The molecule has 3 aromatic rings. The Kier molecular flexibility index (Phi) is 6.54. The maximum absolute atomic E-state index is 14.0. The monoisotopic (exact) mass is 572 g/mol. The molecule has 42 heavy (non-hydrogen) atoms. The van der Waals surface area contributed by atoms with E-state index >= 15 is 0 Å². The Morgan fingerprint density at radius 1 is 1.07 bits per heavy atom. The maximum atomic E-state index is 14.0. The average Bonchev–Trinajstić information content (AvgIpc) is 2.90. The second-order valence-corrected chi connectivity index (χ2v) is 13.7. The lowest BCUT2D eigenvalue weighted by Gasteiger charge is -2.59. The van der Waals surface area contributed by atoms with Gasteiger partial charge in [-0.25, -0.2) is 0 Å². The molecule has 3 aliphatic rings. The molecule has 0 amide bonds. The lowest BCUT2D eigenvalue weighted by molar-refractivity contribution is -0.0809. The zero-order chi connectivity index (χ0) is 30.3. The molecule has 1 aromatic heterocycles. The molecule has 2 fully saturated rings. The zero-order valence-corrected chi connectivity index (χ0v) is 24.7. The molecule has 0 saturated heterocycles. The van der Waals surface area contributed by atoms with Crippen LogP contribution < -0.4 is 5.43 Å². The van der Waals surface area contributed by atoms with Gasteiger partial charge in [-0.15, -0.1) is 0 Å². The quantitative estimate of drug-likeness (QED) is 0.168. The molecule has 5 atom stereocenters. The van der Waals surface area contributed by atoms with Crippen LogP contribution in [0.3, 0.4) is 0 Å². The van der Waals surface area contributed by atoms with Gasteiger partial charge in [0, 0.05) is 23.6 Å². The molecule has 7 nitrogen and oxygen atoms in total. The number of rotatable bonds is 3. The van der Waals surface area contributed by atoms with Gasteiger partial charge in [0.05, 0.1) is 17.2 Å². The summed E-state index contributed by atoms with van der Waals surface area (Å²) in [5, 5.41) is 53.3. The van der Waals surface area contributed by atoms with Crippen LogP contribution in [-0.2, 0) is 6.42 Å². The highest BCUT2D eigenvalue weighted by Gasteiger charge is 2.54. The van der Waals surface area contributed by atoms with Crippen molar-refractivity contribution in [3.8, 4) is 34.3 Å². The van der Waals surface area contributed by atoms with Crippen molar-refractivity contribution >= 4 is 11.0 Å². The van der Waals surface area contributed by atoms with E-state index in [1.807, 2.05) is 6.92 Å². The van der Waals surface area contributed by atoms with E-state index in [2.05, 4.69) is 33.4 Å². The number of aromatic hydroxyl groups is 4. The van der Waals surface area contributed by atoms with E-state index in [9.17, 15) is 30.3 Å². The Morgan fingerprint density at radius 2 is 1.79 bits per heavy atom. The Labute approximate surface area is 245 Å². The van der Waals surface area contributed by atoms with E-state index in [-0.39, 0.29) is 74.0 Å². The molecule has 0 bridgehead atoms. The fraction of sp³-hybridized carbons (Fsp3) is 0.457. The largest absolute Gasteiger partial charge is 0.508 e. The molecule has 222 valence electrons. The van der Waals surface area contributed by atoms with Gasteiger partial charge in [0.1, 0.15) is 39.7 Å². The van der Waals surface area contributed by atoms with Crippen molar-refractivity contribution in [3.63, 3.8) is 0 Å². The number of benzene rings is 2. The first-order chi connectivity index (χ1) is 19.7. The highest BCUT2D eigenvalue weighted by Crippen LogP contribution is 2.62. The lowest BCUT2D eigenvalue weighted by atomic mass is 9.46. The van der Waals surface area contributed by atoms with Crippen LogP contribution in [0.25, 0.3) is 22.3 Å². The third-order valence-corrected chi connectivity index (χ3v) is 10.9. The first-order valence-corrected chi connectivity index (χ1v) is 14.8. The summed E-state index contributed by atoms with van der Waals surface area (Å²) in [6.07, 6.45) is 6.52. The first kappa shape index (κ1) is 28.4. The van der Waals surface area contributed by atoms with Crippen molar-refractivity contribution in [1.82, 2.24) is 0 Å². The Balaban J connectivity index is 1.48. The Morgan fingerprint density at radius 3 is 2.52 bits per heavy atom. The summed E-state index contributed by atoms with van der Waals surface area (Å²) in [6, 6.07) is 5.14. The third kappa shape index (κ3) is 4.16. The SMILES string of the molecule is C=C1[C@@H](O)C[C@H]2C(C)(C)CCC[C@]2(C)[C@H]1C/C=C(\C)C1Cc2c(O)ccc(O)c2-c2oc3cc(O)cc(O)c3c(=O)c21. The van der Waals surface area contributed by atoms with Crippen LogP contribution in [0.15, 0.2) is 57.3 Å². The molecule has 2 aromatic carbocycles. The van der Waals surface area contributed by atoms with Gasteiger partial charge in [-0.3, -0.25) is 4.79 Å². The van der Waals surface area contributed by atoms with Gasteiger partial charge in [-0.05, 0) is 79.4 Å². The molecule has 2 saturated carbocycles. The van der Waals surface area contributed by atoms with E-state index in [1.54, 1.807) is 0 Å². The van der Waals surface area contributed by atoms with Gasteiger partial charge in [0.15, 0.2) is 0 Å². The van der Waals surface area contributed by atoms with Crippen molar-refractivity contribution in [2.45, 2.75) is 78.2 Å². The van der Waals surface area contributed by atoms with Crippen LogP contribution in [0.5, 0.6) is 23.0 Å². The van der Waals surface area contributed by atoms with Crippen LogP contribution in [-0.4, -0.2) is 31.6 Å². The minimum Gasteiger partial charge on any atom is -0.508 e. The topological polar surface area (TPSA) is 131 Å². The van der Waals surface area contributed by atoms with E-state index < -0.39 is 17.5 Å². The molecule has 6 rings (SSSR count). The smallest absolute Gasteiger partial charge is 0.200 e. The van der Waals surface area contributed by atoms with Gasteiger partial charge in [-0.1, -0.05) is 45.4 Å². The maximum Gasteiger partial charge on any atom is 0.200 e. The number of phenols is 4. The summed E-state index contributed by atoms with van der Waals surface area (Å²) in [7, 11) is 0. The van der Waals surface area contributed by atoms with E-state index in [4.69, 9.17) is 4.42 Å². The molecular weight excluding hydrogens is 532 g/mol. The molecule has 0 aliphatic heterocycles. The van der Waals surface area contributed by atoms with Gasteiger partial charge >= 0.3 is 0 Å². The Bertz CT molecular complexity index is 1710. The summed E-state index contributed by atoms with van der Waals surface area (Å²) in [5.41, 5.74) is 2.38. The number of phenolic OH excluding ortho intramolecular Hbond substituents is 4. The fourth-order valence-electron chi connectivity index (χ4n) is 8.65. The normalized spacial score (nSPS) is 28.7. The molecule has 0 spiro atoms. The van der Waals surface area contributed by atoms with Gasteiger partial charge in [0.25, 0.3) is 0 Å². The predicted molar refractivity (Wildman–Crippen MR) is 162 cm³/mol. The molecule has 3 aliphatic carbocycles. The van der Waals surface area contributed by atoms with E-state index in [1.165, 1.54) is 18.2 Å². The van der Waals surface area contributed by atoms with Gasteiger partial charge in [-0.2, -0.15) is 0 Å². The summed E-state index contributed by atoms with van der Waals surface area (Å²) in [5.74, 6) is -0.769. The number of hydrogen-bond acceptors (Lipinski definition) is 7. The second kappa shape index (κ2) is 9.66. The molecule has 7 heteroatoms. The van der Waals surface area contributed by atoms with E-state index in [0.717, 1.165) is 42.9 Å². The predicted octanol–water partition coefficient (Wildman–Crippen LogP) is 7.03. The molecular formula is C35H40O7. The zero-order valence-electron chi connectivity index (χ0n) is 24.7. The molecule has 5 N–H and O–H groups in total. The average molecular weight is 573 g/mol. The second-order valence-electron chi connectivity index (χ2n) is 13.7. The molecule has 1 unspecified atom stereocenters. The van der Waals surface area contributed by atoms with Crippen molar-refractivity contribution in [2.24, 2.45) is 22.7 Å². The lowest BCUT2D eigenvalue weighted by Crippen LogP contribution is -2.52. The summed E-state index contributed by atoms with van der Waals surface area (Å²) >= 11 is 0. The van der Waals surface area contributed by atoms with E-state index in [0.29, 0.717) is 17.9 Å². The highest BCUT2D eigenvalue weighted by molar-refractivity contribution is 5.89. The summed E-state index contributed by atoms with van der Waals surface area (Å²) in [6.45, 7) is 13.3. The van der Waals surface area contributed by atoms with Crippen molar-refractivity contribution in [3.05, 3.63) is 69.4 Å². The molecule has 0 radical (unpaired) electrons. The van der Waals surface area contributed by atoms with Crippen molar-refractivity contribution < 1.29 is 29.9 Å². The minimum absolute atomic E-state index is 0.0149. The number of aliphatic hydroxyl groups is 1. The third-order valence-electron chi connectivity index (χ3n) is 10.9. The van der Waals surface area contributed by atoms with Gasteiger partial charge < -0.3 is 29.9 Å². The number of aliphatic hydroxyl groups excluding tert-OH is 1. The van der Waals surface area contributed by atoms with Crippen LogP contribution in [0.4, 0.5) is 0 Å². The fourth-order valence-corrected chi connectivity index (χ4v) is 8.65. The number of allylic oxidation sites excluding steroid dienone is 2. The Hall–Kier alpha value is -3.71. The summed E-state index contributed by atoms with van der Waals surface area (Å²) < 4.78 is 6.14. The van der Waals surface area contributed by atoms with Crippen molar-refractivity contribution in [2.75, 3.05) is 0 Å². The summed E-state index contributed by atoms with van der Waals surface area (Å²) in [4.78, 5) is 14.0. The first-order valence-electron chi connectivity index (χ1n) is 14.8. The van der Waals surface area contributed by atoms with Gasteiger partial charge in [0.2, 0.25) is 5.43 Å². The van der Waals surface area contributed by atoms with Crippen LogP contribution in [0.1, 0.15) is 76.8 Å². The number of hydrogen-bond donors (Lipinski definition) is 5. The highest BCUT2D eigenvalue weighted by atomic mass is 16.3. The number of fused-ring (bicyclic) bond motifs is 5. The van der Waals surface area contributed by atoms with Crippen LogP contribution >= 0.6 is 0 Å². The minimum atomic E-state index is -0.556.